The van der Waals surface area contributed by atoms with Crippen LogP contribution in [0.3, 0.4) is 0 Å². The third-order valence-corrected chi connectivity index (χ3v) is 3.72. The molecule has 0 bridgehead atoms. The average molecular weight is 345 g/mol. The molecule has 0 fully saturated rings. The van der Waals surface area contributed by atoms with Crippen LogP contribution in [0.5, 0.6) is 0 Å². The van der Waals surface area contributed by atoms with Crippen LogP contribution in [0.1, 0.15) is 21.8 Å². The maximum atomic E-state index is 12.9. The Balaban J connectivity index is 1.73. The smallest absolute Gasteiger partial charge is 0.273 e. The fourth-order valence-corrected chi connectivity index (χ4v) is 2.32. The van der Waals surface area contributed by atoms with Crippen molar-refractivity contribution in [3.05, 3.63) is 76.4 Å². The molecule has 1 heterocycles. The predicted molar refractivity (Wildman–Crippen MR) is 89.3 cm³/mol. The number of nitrogens with zero attached hydrogens (tertiary/aromatic N) is 1. The molecule has 1 amide bonds. The number of nitrogens with one attached hydrogen (secondary N) is 1. The first-order valence-corrected chi connectivity index (χ1v) is 7.67. The van der Waals surface area contributed by atoms with Crippen LogP contribution < -0.4 is 5.32 Å². The summed E-state index contributed by atoms with van der Waals surface area (Å²) in [6, 6.07) is 12.9. The van der Waals surface area contributed by atoms with E-state index in [0.29, 0.717) is 16.7 Å². The number of hydrogen-bond acceptors (Lipinski definition) is 3. The molecule has 24 heavy (non-hydrogen) atoms. The molecule has 122 valence electrons. The van der Waals surface area contributed by atoms with Gasteiger partial charge >= 0.3 is 0 Å². The fourth-order valence-electron chi connectivity index (χ4n) is 2.19. The highest BCUT2D eigenvalue weighted by Gasteiger charge is 2.17. The van der Waals surface area contributed by atoms with Gasteiger partial charge in [-0.1, -0.05) is 23.7 Å². The number of carbonyl (C=O) groups excluding carboxylic acids is 1. The molecule has 4 nitrogen and oxygen atoms in total. The largest absolute Gasteiger partial charge is 0.441 e. The normalized spacial score (nSPS) is 10.6. The number of oxazole rings is 1. The summed E-state index contributed by atoms with van der Waals surface area (Å²) < 4.78 is 18.4. The maximum absolute atomic E-state index is 12.9. The van der Waals surface area contributed by atoms with E-state index >= 15 is 0 Å². The van der Waals surface area contributed by atoms with E-state index in [2.05, 4.69) is 10.3 Å². The van der Waals surface area contributed by atoms with Gasteiger partial charge in [0, 0.05) is 17.1 Å². The summed E-state index contributed by atoms with van der Waals surface area (Å²) in [5.41, 5.74) is 1.76. The van der Waals surface area contributed by atoms with Gasteiger partial charge in [-0.05, 0) is 48.9 Å². The van der Waals surface area contributed by atoms with E-state index in [1.54, 1.807) is 43.3 Å². The molecule has 0 atom stereocenters. The molecular formula is C18H14ClFN2O2. The zero-order chi connectivity index (χ0) is 17.1. The minimum absolute atomic E-state index is 0.224. The van der Waals surface area contributed by atoms with Crippen molar-refractivity contribution in [2.45, 2.75) is 13.5 Å². The van der Waals surface area contributed by atoms with Crippen LogP contribution in [0.4, 0.5) is 4.39 Å². The zero-order valence-corrected chi connectivity index (χ0v) is 13.6. The lowest BCUT2D eigenvalue weighted by molar-refractivity contribution is 0.0945. The molecule has 0 aliphatic rings. The number of benzene rings is 2. The van der Waals surface area contributed by atoms with Gasteiger partial charge in [0.2, 0.25) is 5.89 Å². The highest BCUT2D eigenvalue weighted by atomic mass is 35.5. The maximum Gasteiger partial charge on any atom is 0.273 e. The van der Waals surface area contributed by atoms with Crippen molar-refractivity contribution in [2.75, 3.05) is 0 Å². The van der Waals surface area contributed by atoms with Crippen molar-refractivity contribution in [1.29, 1.82) is 0 Å². The third kappa shape index (κ3) is 3.63. The monoisotopic (exact) mass is 344 g/mol. The molecule has 0 aliphatic heterocycles. The first-order chi connectivity index (χ1) is 11.5. The molecule has 3 aromatic rings. The Morgan fingerprint density at radius 2 is 1.83 bits per heavy atom. The summed E-state index contributed by atoms with van der Waals surface area (Å²) in [7, 11) is 0. The van der Waals surface area contributed by atoms with E-state index in [0.717, 1.165) is 11.1 Å². The summed E-state index contributed by atoms with van der Waals surface area (Å²) in [5.74, 6) is 0.124. The SMILES string of the molecule is Cc1oc(-c2ccc(Cl)cc2)nc1C(=O)NCc1ccc(F)cc1. The first kappa shape index (κ1) is 16.2. The minimum Gasteiger partial charge on any atom is -0.441 e. The number of halogens is 2. The Morgan fingerprint density at radius 1 is 1.17 bits per heavy atom. The fraction of sp³-hybridized carbons (Fsp3) is 0.111. The molecule has 0 radical (unpaired) electrons. The number of hydrogen-bond donors (Lipinski definition) is 1. The van der Waals surface area contributed by atoms with Crippen molar-refractivity contribution in [3.8, 4) is 11.5 Å². The second-order valence-electron chi connectivity index (χ2n) is 5.24. The van der Waals surface area contributed by atoms with Crippen LogP contribution in [-0.2, 0) is 6.54 Å². The van der Waals surface area contributed by atoms with Gasteiger partial charge in [0.25, 0.3) is 5.91 Å². The summed E-state index contributed by atoms with van der Waals surface area (Å²) in [6.07, 6.45) is 0. The lowest BCUT2D eigenvalue weighted by Gasteiger charge is -2.03. The lowest BCUT2D eigenvalue weighted by atomic mass is 10.2. The van der Waals surface area contributed by atoms with Crippen molar-refractivity contribution in [2.24, 2.45) is 0 Å². The van der Waals surface area contributed by atoms with E-state index in [1.807, 2.05) is 0 Å². The van der Waals surface area contributed by atoms with Crippen molar-refractivity contribution in [3.63, 3.8) is 0 Å². The molecule has 6 heteroatoms. The molecule has 1 N–H and O–H groups in total. The Morgan fingerprint density at radius 3 is 2.50 bits per heavy atom. The predicted octanol–water partition coefficient (Wildman–Crippen LogP) is 4.37. The van der Waals surface area contributed by atoms with Crippen LogP contribution >= 0.6 is 11.6 Å². The van der Waals surface area contributed by atoms with E-state index in [4.69, 9.17) is 16.0 Å². The highest BCUT2D eigenvalue weighted by Crippen LogP contribution is 2.23. The van der Waals surface area contributed by atoms with Crippen molar-refractivity contribution < 1.29 is 13.6 Å². The molecule has 0 aliphatic carbocycles. The van der Waals surface area contributed by atoms with E-state index in [9.17, 15) is 9.18 Å². The lowest BCUT2D eigenvalue weighted by Crippen LogP contribution is -2.23. The van der Waals surface area contributed by atoms with Gasteiger partial charge in [-0.15, -0.1) is 0 Å². The zero-order valence-electron chi connectivity index (χ0n) is 12.8. The average Bonchev–Trinajstić information content (AvgIpc) is 2.96. The van der Waals surface area contributed by atoms with Gasteiger partial charge in [-0.25, -0.2) is 9.37 Å². The Bertz CT molecular complexity index is 858. The van der Waals surface area contributed by atoms with Gasteiger partial charge in [0.15, 0.2) is 5.69 Å². The Kier molecular flexibility index (Phi) is 4.62. The van der Waals surface area contributed by atoms with Gasteiger partial charge in [0.1, 0.15) is 11.6 Å². The van der Waals surface area contributed by atoms with Crippen LogP contribution in [-0.4, -0.2) is 10.9 Å². The third-order valence-electron chi connectivity index (χ3n) is 3.47. The molecular weight excluding hydrogens is 331 g/mol. The number of aromatic nitrogens is 1. The summed E-state index contributed by atoms with van der Waals surface area (Å²) in [6.45, 7) is 1.96. The van der Waals surface area contributed by atoms with Gasteiger partial charge in [0.05, 0.1) is 0 Å². The van der Waals surface area contributed by atoms with E-state index in [1.165, 1.54) is 12.1 Å². The summed E-state index contributed by atoms with van der Waals surface area (Å²) in [5, 5.41) is 3.35. The number of aryl methyl sites for hydroxylation is 1. The van der Waals surface area contributed by atoms with Crippen molar-refractivity contribution >= 4 is 17.5 Å². The first-order valence-electron chi connectivity index (χ1n) is 7.29. The van der Waals surface area contributed by atoms with E-state index in [-0.39, 0.29) is 24.0 Å². The molecule has 0 saturated carbocycles. The number of amides is 1. The molecule has 3 rings (SSSR count). The topological polar surface area (TPSA) is 55.1 Å². The highest BCUT2D eigenvalue weighted by molar-refractivity contribution is 6.30. The van der Waals surface area contributed by atoms with E-state index < -0.39 is 0 Å². The molecule has 0 unspecified atom stereocenters. The van der Waals surface area contributed by atoms with Gasteiger partial charge in [-0.3, -0.25) is 4.79 Å². The van der Waals surface area contributed by atoms with Crippen LogP contribution in [0.25, 0.3) is 11.5 Å². The van der Waals surface area contributed by atoms with Crippen LogP contribution in [0.15, 0.2) is 52.9 Å². The quantitative estimate of drug-likeness (QED) is 0.764. The minimum atomic E-state index is -0.346. The number of carbonyl (C=O) groups is 1. The van der Waals surface area contributed by atoms with Gasteiger partial charge < -0.3 is 9.73 Å². The second kappa shape index (κ2) is 6.84. The van der Waals surface area contributed by atoms with Crippen LogP contribution in [0, 0.1) is 12.7 Å². The number of rotatable bonds is 4. The molecule has 0 spiro atoms. The summed E-state index contributed by atoms with van der Waals surface area (Å²) in [4.78, 5) is 16.5. The van der Waals surface area contributed by atoms with Crippen molar-refractivity contribution in [1.82, 2.24) is 10.3 Å². The van der Waals surface area contributed by atoms with Crippen LogP contribution in [0.2, 0.25) is 5.02 Å². The Hall–Kier alpha value is -2.66. The van der Waals surface area contributed by atoms with Gasteiger partial charge in [-0.2, -0.15) is 0 Å². The molecule has 2 aromatic carbocycles. The molecule has 0 saturated heterocycles. The molecule has 1 aromatic heterocycles. The summed E-state index contributed by atoms with van der Waals surface area (Å²) >= 11 is 5.86. The second-order valence-corrected chi connectivity index (χ2v) is 5.68. The standard InChI is InChI=1S/C18H14ClFN2O2/c1-11-16(17(23)21-10-12-2-8-15(20)9-3-12)22-18(24-11)13-4-6-14(19)7-5-13/h2-9H,10H2,1H3,(H,21,23). The Labute approximate surface area is 143 Å².